The van der Waals surface area contributed by atoms with E-state index in [-0.39, 0.29) is 17.4 Å². The predicted octanol–water partition coefficient (Wildman–Crippen LogP) is 4.72. The maximum atomic E-state index is 12.9. The molecule has 3 N–H and O–H groups in total. The number of halogens is 1. The van der Waals surface area contributed by atoms with Gasteiger partial charge in [0, 0.05) is 21.8 Å². The molecule has 0 saturated heterocycles. The lowest BCUT2D eigenvalue weighted by molar-refractivity contribution is -0.113. The molecule has 164 valence electrons. The van der Waals surface area contributed by atoms with E-state index in [1.54, 1.807) is 36.4 Å². The van der Waals surface area contributed by atoms with Gasteiger partial charge in [-0.1, -0.05) is 53.7 Å². The molecule has 3 aromatic rings. The topological polar surface area (TPSA) is 102 Å². The predicted molar refractivity (Wildman–Crippen MR) is 128 cm³/mol. The molecule has 2 aromatic carbocycles. The Hall–Kier alpha value is -3.16. The monoisotopic (exact) mass is 467 g/mol. The molecule has 0 spiro atoms. The smallest absolute Gasteiger partial charge is 0.251 e. The Balaban J connectivity index is 1.81. The van der Waals surface area contributed by atoms with Crippen LogP contribution in [0.1, 0.15) is 43.1 Å². The number of aryl methyl sites for hydroxylation is 1. The van der Waals surface area contributed by atoms with Crippen molar-refractivity contribution in [1.29, 1.82) is 0 Å². The molecular weight excluding hydrogens is 446 g/mol. The molecule has 0 bridgehead atoms. The molecule has 0 aliphatic carbocycles. The van der Waals surface area contributed by atoms with Crippen molar-refractivity contribution >= 4 is 46.6 Å². The van der Waals surface area contributed by atoms with Crippen molar-refractivity contribution in [3.8, 4) is 0 Å². The number of anilines is 1. The van der Waals surface area contributed by atoms with Crippen LogP contribution in [0, 0.1) is 20.8 Å². The lowest BCUT2D eigenvalue weighted by Gasteiger charge is -2.14. The van der Waals surface area contributed by atoms with E-state index in [9.17, 15) is 14.4 Å². The van der Waals surface area contributed by atoms with Crippen LogP contribution in [-0.4, -0.2) is 28.3 Å². The fourth-order valence-corrected chi connectivity index (χ4v) is 4.30. The summed E-state index contributed by atoms with van der Waals surface area (Å²) in [5, 5.41) is 3.56. The van der Waals surface area contributed by atoms with Gasteiger partial charge in [0.15, 0.2) is 5.78 Å². The van der Waals surface area contributed by atoms with Gasteiger partial charge >= 0.3 is 0 Å². The van der Waals surface area contributed by atoms with E-state index < -0.39 is 5.91 Å². The highest BCUT2D eigenvalue weighted by molar-refractivity contribution is 8.00. The number of hydrogen-bond donors (Lipinski definition) is 2. The molecule has 6 nitrogen and oxygen atoms in total. The molecule has 0 aliphatic rings. The lowest BCUT2D eigenvalue weighted by atomic mass is 10.0. The third-order valence-electron chi connectivity index (χ3n) is 5.09. The van der Waals surface area contributed by atoms with Crippen LogP contribution in [0.3, 0.4) is 0 Å². The summed E-state index contributed by atoms with van der Waals surface area (Å²) in [4.78, 5) is 42.0. The number of hydrogen-bond acceptors (Lipinski definition) is 5. The highest BCUT2D eigenvalue weighted by Gasteiger charge is 2.20. The van der Waals surface area contributed by atoms with Crippen LogP contribution in [0.25, 0.3) is 0 Å². The van der Waals surface area contributed by atoms with Crippen molar-refractivity contribution < 1.29 is 14.4 Å². The highest BCUT2D eigenvalue weighted by Crippen LogP contribution is 2.28. The summed E-state index contributed by atoms with van der Waals surface area (Å²) < 4.78 is 0. The molecule has 1 heterocycles. The second kappa shape index (κ2) is 9.97. The molecule has 0 radical (unpaired) electrons. The number of nitrogens with two attached hydrogens (primary N) is 1. The van der Waals surface area contributed by atoms with E-state index in [0.717, 1.165) is 28.6 Å². The van der Waals surface area contributed by atoms with Gasteiger partial charge in [0.25, 0.3) is 5.91 Å². The van der Waals surface area contributed by atoms with Crippen LogP contribution in [-0.2, 0) is 4.79 Å². The number of nitrogens with one attached hydrogen (secondary N) is 1. The zero-order chi connectivity index (χ0) is 23.4. The number of pyridine rings is 1. The first kappa shape index (κ1) is 23.5. The van der Waals surface area contributed by atoms with E-state index in [2.05, 4.69) is 10.3 Å². The summed E-state index contributed by atoms with van der Waals surface area (Å²) >= 11 is 7.21. The fourth-order valence-electron chi connectivity index (χ4n) is 3.18. The summed E-state index contributed by atoms with van der Waals surface area (Å²) in [6.07, 6.45) is 0. The van der Waals surface area contributed by atoms with Crippen molar-refractivity contribution in [2.75, 3.05) is 11.1 Å². The number of carbonyl (C=O) groups is 3. The largest absolute Gasteiger partial charge is 0.366 e. The molecule has 8 heteroatoms. The Bertz CT molecular complexity index is 1210. The standard InChI is InChI=1S/C24H22ClN3O3S/c1-13-14(2)21(23(26)31)24(27-15(13)3)32-12-20(29)28-19-10-9-17(25)11-18(19)22(30)16-7-5-4-6-8-16/h4-11H,12H2,1-3H3,(H2,26,31)(H,28,29). The van der Waals surface area contributed by atoms with Gasteiger partial charge in [-0.15, -0.1) is 0 Å². The number of carbonyl (C=O) groups excluding carboxylic acids is 3. The highest BCUT2D eigenvalue weighted by atomic mass is 35.5. The number of rotatable bonds is 7. The molecule has 1 aromatic heterocycles. The summed E-state index contributed by atoms with van der Waals surface area (Å²) in [5.74, 6) is -1.21. The van der Waals surface area contributed by atoms with Crippen LogP contribution in [0.5, 0.6) is 0 Å². The number of amides is 2. The van der Waals surface area contributed by atoms with Crippen LogP contribution >= 0.6 is 23.4 Å². The molecule has 3 rings (SSSR count). The first-order chi connectivity index (χ1) is 15.2. The maximum absolute atomic E-state index is 12.9. The molecule has 2 amide bonds. The van der Waals surface area contributed by atoms with Gasteiger partial charge in [-0.2, -0.15) is 0 Å². The van der Waals surface area contributed by atoms with Crippen molar-refractivity contribution in [2.24, 2.45) is 5.73 Å². The Labute approximate surface area is 195 Å². The second-order valence-corrected chi connectivity index (χ2v) is 8.61. The molecular formula is C24H22ClN3O3S. The van der Waals surface area contributed by atoms with Crippen LogP contribution in [0.15, 0.2) is 53.6 Å². The van der Waals surface area contributed by atoms with E-state index in [4.69, 9.17) is 17.3 Å². The fraction of sp³-hybridized carbons (Fsp3) is 0.167. The number of thioether (sulfide) groups is 1. The van der Waals surface area contributed by atoms with Crippen LogP contribution < -0.4 is 11.1 Å². The molecule has 0 saturated carbocycles. The molecule has 0 atom stereocenters. The van der Waals surface area contributed by atoms with Gasteiger partial charge in [0.1, 0.15) is 5.03 Å². The minimum absolute atomic E-state index is 0.0170. The van der Waals surface area contributed by atoms with Crippen molar-refractivity contribution in [2.45, 2.75) is 25.8 Å². The van der Waals surface area contributed by atoms with E-state index in [1.807, 2.05) is 26.8 Å². The second-order valence-electron chi connectivity index (χ2n) is 7.21. The molecule has 0 unspecified atom stereocenters. The van der Waals surface area contributed by atoms with Gasteiger partial charge in [0.2, 0.25) is 5.91 Å². The average molecular weight is 468 g/mol. The third kappa shape index (κ3) is 5.18. The molecule has 32 heavy (non-hydrogen) atoms. The van der Waals surface area contributed by atoms with E-state index in [0.29, 0.717) is 32.4 Å². The minimum atomic E-state index is -0.588. The van der Waals surface area contributed by atoms with Crippen molar-refractivity contribution in [3.63, 3.8) is 0 Å². The maximum Gasteiger partial charge on any atom is 0.251 e. The normalized spacial score (nSPS) is 10.6. The summed E-state index contributed by atoms with van der Waals surface area (Å²) in [5.41, 5.74) is 9.40. The Morgan fingerprint density at radius 2 is 1.72 bits per heavy atom. The van der Waals surface area contributed by atoms with Gasteiger partial charge in [0.05, 0.1) is 17.0 Å². The Kier molecular flexibility index (Phi) is 7.33. The SMILES string of the molecule is Cc1nc(SCC(=O)Nc2ccc(Cl)cc2C(=O)c2ccccc2)c(C(N)=O)c(C)c1C. The van der Waals surface area contributed by atoms with Crippen molar-refractivity contribution in [3.05, 3.63) is 87.1 Å². The van der Waals surface area contributed by atoms with E-state index in [1.165, 1.54) is 6.07 Å². The first-order valence-electron chi connectivity index (χ1n) is 9.78. The molecule has 0 aliphatic heterocycles. The Morgan fingerprint density at radius 3 is 2.38 bits per heavy atom. The van der Waals surface area contributed by atoms with Gasteiger partial charge in [-0.3, -0.25) is 14.4 Å². The minimum Gasteiger partial charge on any atom is -0.366 e. The Morgan fingerprint density at radius 1 is 1.03 bits per heavy atom. The number of nitrogens with zero attached hydrogens (tertiary/aromatic N) is 1. The first-order valence-corrected chi connectivity index (χ1v) is 11.1. The van der Waals surface area contributed by atoms with Gasteiger partial charge < -0.3 is 11.1 Å². The molecule has 0 fully saturated rings. The quantitative estimate of drug-likeness (QED) is 0.386. The summed E-state index contributed by atoms with van der Waals surface area (Å²) in [7, 11) is 0. The number of aromatic nitrogens is 1. The number of primary amides is 1. The zero-order valence-corrected chi connectivity index (χ0v) is 19.4. The van der Waals surface area contributed by atoms with Gasteiger partial charge in [-0.25, -0.2) is 4.98 Å². The van der Waals surface area contributed by atoms with Crippen LogP contribution in [0.4, 0.5) is 5.69 Å². The van der Waals surface area contributed by atoms with Gasteiger partial charge in [-0.05, 0) is 50.1 Å². The zero-order valence-electron chi connectivity index (χ0n) is 17.9. The lowest BCUT2D eigenvalue weighted by Crippen LogP contribution is -2.19. The number of ketones is 1. The third-order valence-corrected chi connectivity index (χ3v) is 6.30. The summed E-state index contributed by atoms with van der Waals surface area (Å²) in [6, 6.07) is 13.5. The average Bonchev–Trinajstić information content (AvgIpc) is 2.77. The number of benzene rings is 2. The summed E-state index contributed by atoms with van der Waals surface area (Å²) in [6.45, 7) is 5.52. The van der Waals surface area contributed by atoms with Crippen molar-refractivity contribution in [1.82, 2.24) is 4.98 Å². The van der Waals surface area contributed by atoms with Crippen LogP contribution in [0.2, 0.25) is 5.02 Å². The van der Waals surface area contributed by atoms with E-state index >= 15 is 0 Å².